The number of hydrogen-bond donors (Lipinski definition) is 0. The largest absolute Gasteiger partial charge is 0.213 e. The van der Waals surface area contributed by atoms with Crippen LogP contribution in [0, 0.1) is 0 Å². The van der Waals surface area contributed by atoms with Crippen LogP contribution in [0.1, 0.15) is 18.9 Å². The first-order chi connectivity index (χ1) is 3.93. The van der Waals surface area contributed by atoms with Gasteiger partial charge in [0.1, 0.15) is 0 Å². The van der Waals surface area contributed by atoms with Gasteiger partial charge in [-0.05, 0) is 0 Å². The Bertz CT molecular complexity index is 130. The summed E-state index contributed by atoms with van der Waals surface area (Å²) in [5.41, 5.74) is 1.47. The van der Waals surface area contributed by atoms with E-state index in [4.69, 9.17) is 0 Å². The van der Waals surface area contributed by atoms with E-state index in [1.165, 1.54) is 18.4 Å². The van der Waals surface area contributed by atoms with Gasteiger partial charge < -0.3 is 0 Å². The Kier molecular flexibility index (Phi) is 4.90. The Labute approximate surface area is 70.9 Å². The van der Waals surface area contributed by atoms with Crippen molar-refractivity contribution in [2.75, 3.05) is 0 Å². The van der Waals surface area contributed by atoms with Gasteiger partial charge in [0.15, 0.2) is 0 Å². The molecule has 1 aromatic rings. The van der Waals surface area contributed by atoms with Crippen molar-refractivity contribution in [2.24, 2.45) is 0 Å². The van der Waals surface area contributed by atoms with Gasteiger partial charge in [-0.1, -0.05) is 19.8 Å². The number of rotatable bonds is 2. The summed E-state index contributed by atoms with van der Waals surface area (Å²) in [6, 6.07) is 8.52. The van der Waals surface area contributed by atoms with E-state index in [9.17, 15) is 0 Å². The summed E-state index contributed by atoms with van der Waals surface area (Å²) in [5.74, 6) is 0. The summed E-state index contributed by atoms with van der Waals surface area (Å²) >= 11 is 0. The molecule has 0 aliphatic rings. The molecule has 0 aromatic heterocycles. The molecule has 0 saturated carbocycles. The maximum absolute atomic E-state index is 2.20. The Morgan fingerprint density at radius 3 is 2.22 bits per heavy atom. The molecular formula is C8H11Mo-. The first kappa shape index (κ1) is 9.04. The summed E-state index contributed by atoms with van der Waals surface area (Å²) in [7, 11) is 0. The van der Waals surface area contributed by atoms with Crippen molar-refractivity contribution in [2.45, 2.75) is 19.8 Å². The van der Waals surface area contributed by atoms with Crippen LogP contribution in [-0.4, -0.2) is 0 Å². The molecule has 0 bridgehead atoms. The third-order valence-corrected chi connectivity index (χ3v) is 1.27. The predicted octanol–water partition coefficient (Wildman–Crippen LogP) is 2.36. The standard InChI is InChI=1S/C8H11.Mo/c1-2-5-8-6-3-4-7-8;/h3-4,6-7H,2,5H2,1H3;/q-1;. The van der Waals surface area contributed by atoms with Crippen molar-refractivity contribution in [3.63, 3.8) is 0 Å². The quantitative estimate of drug-likeness (QED) is 0.511. The summed E-state index contributed by atoms with van der Waals surface area (Å²) in [5, 5.41) is 0. The molecule has 0 saturated heterocycles. The van der Waals surface area contributed by atoms with Crippen molar-refractivity contribution in [3.8, 4) is 0 Å². The molecule has 0 spiro atoms. The van der Waals surface area contributed by atoms with Crippen LogP contribution in [0.25, 0.3) is 0 Å². The third kappa shape index (κ3) is 2.91. The maximum atomic E-state index is 2.20. The molecule has 1 rings (SSSR count). The van der Waals surface area contributed by atoms with Gasteiger partial charge >= 0.3 is 0 Å². The van der Waals surface area contributed by atoms with E-state index in [0.717, 1.165) is 0 Å². The molecular weight excluding hydrogens is 192 g/mol. The topological polar surface area (TPSA) is 0 Å². The van der Waals surface area contributed by atoms with Crippen LogP contribution in [0.4, 0.5) is 0 Å². The van der Waals surface area contributed by atoms with Crippen LogP contribution in [0.2, 0.25) is 0 Å². The zero-order chi connectivity index (χ0) is 5.82. The fraction of sp³-hybridized carbons (Fsp3) is 0.375. The van der Waals surface area contributed by atoms with E-state index < -0.39 is 0 Å². The van der Waals surface area contributed by atoms with E-state index in [-0.39, 0.29) is 21.1 Å². The van der Waals surface area contributed by atoms with Gasteiger partial charge in [0.05, 0.1) is 0 Å². The average Bonchev–Trinajstić information content (AvgIpc) is 2.19. The van der Waals surface area contributed by atoms with Crippen LogP contribution < -0.4 is 0 Å². The molecule has 0 nitrogen and oxygen atoms in total. The zero-order valence-corrected chi connectivity index (χ0v) is 7.64. The summed E-state index contributed by atoms with van der Waals surface area (Å²) in [6.07, 6.45) is 2.48. The Morgan fingerprint density at radius 1 is 1.22 bits per heavy atom. The van der Waals surface area contributed by atoms with E-state index in [1.54, 1.807) is 0 Å². The van der Waals surface area contributed by atoms with Crippen LogP contribution >= 0.6 is 0 Å². The molecule has 9 heavy (non-hydrogen) atoms. The molecule has 0 amide bonds. The van der Waals surface area contributed by atoms with Gasteiger partial charge in [-0.2, -0.15) is 17.7 Å². The fourth-order valence-corrected chi connectivity index (χ4v) is 0.869. The first-order valence-electron chi connectivity index (χ1n) is 3.14. The number of hydrogen-bond acceptors (Lipinski definition) is 0. The van der Waals surface area contributed by atoms with Gasteiger partial charge in [-0.3, -0.25) is 0 Å². The van der Waals surface area contributed by atoms with Crippen LogP contribution in [0.5, 0.6) is 0 Å². The Morgan fingerprint density at radius 2 is 1.78 bits per heavy atom. The average molecular weight is 203 g/mol. The van der Waals surface area contributed by atoms with E-state index in [1.807, 2.05) is 0 Å². The van der Waals surface area contributed by atoms with E-state index in [0.29, 0.717) is 0 Å². The number of aryl methyl sites for hydroxylation is 1. The van der Waals surface area contributed by atoms with Gasteiger partial charge in [-0.25, -0.2) is 12.1 Å². The summed E-state index contributed by atoms with van der Waals surface area (Å²) in [6.45, 7) is 2.20. The van der Waals surface area contributed by atoms with Gasteiger partial charge in [0.2, 0.25) is 0 Å². The summed E-state index contributed by atoms with van der Waals surface area (Å²) < 4.78 is 0. The van der Waals surface area contributed by atoms with Gasteiger partial charge in [0.25, 0.3) is 0 Å². The molecule has 1 aromatic carbocycles. The van der Waals surface area contributed by atoms with Crippen LogP contribution in [-0.2, 0) is 27.5 Å². The van der Waals surface area contributed by atoms with Crippen LogP contribution in [0.3, 0.4) is 0 Å². The minimum absolute atomic E-state index is 0. The minimum Gasteiger partial charge on any atom is -0.213 e. The fourth-order valence-electron chi connectivity index (χ4n) is 0.869. The molecule has 0 fully saturated rings. The predicted molar refractivity (Wildman–Crippen MR) is 36.0 cm³/mol. The van der Waals surface area contributed by atoms with E-state index >= 15 is 0 Å². The second kappa shape index (κ2) is 4.87. The van der Waals surface area contributed by atoms with Crippen molar-refractivity contribution >= 4 is 0 Å². The molecule has 0 radical (unpaired) electrons. The molecule has 0 aliphatic heterocycles. The SMILES string of the molecule is CCC[c-]1cccc1.[Mo]. The van der Waals surface area contributed by atoms with Crippen molar-refractivity contribution in [1.82, 2.24) is 0 Å². The third-order valence-electron chi connectivity index (χ3n) is 1.27. The second-order valence-electron chi connectivity index (χ2n) is 2.04. The molecule has 0 unspecified atom stereocenters. The second-order valence-corrected chi connectivity index (χ2v) is 2.04. The van der Waals surface area contributed by atoms with Gasteiger partial charge in [-0.15, -0.1) is 0 Å². The zero-order valence-electron chi connectivity index (χ0n) is 5.63. The minimum atomic E-state index is 0. The molecule has 0 aliphatic carbocycles. The van der Waals surface area contributed by atoms with Crippen molar-refractivity contribution in [1.29, 1.82) is 0 Å². The van der Waals surface area contributed by atoms with Crippen LogP contribution in [0.15, 0.2) is 24.3 Å². The molecule has 0 heterocycles. The monoisotopic (exact) mass is 205 g/mol. The first-order valence-corrected chi connectivity index (χ1v) is 3.14. The van der Waals surface area contributed by atoms with Crippen molar-refractivity contribution in [3.05, 3.63) is 29.8 Å². The van der Waals surface area contributed by atoms with E-state index in [2.05, 4.69) is 31.2 Å². The molecule has 1 heteroatoms. The Hall–Kier alpha value is 0.0383. The van der Waals surface area contributed by atoms with Crippen molar-refractivity contribution < 1.29 is 21.1 Å². The maximum Gasteiger partial charge on any atom is 0 e. The molecule has 0 atom stereocenters. The molecule has 0 N–H and O–H groups in total. The molecule has 50 valence electrons. The Balaban J connectivity index is 0.000000640. The normalized spacial score (nSPS) is 8.56. The van der Waals surface area contributed by atoms with Gasteiger partial charge in [0, 0.05) is 21.1 Å². The smallest absolute Gasteiger partial charge is 0 e. The summed E-state index contributed by atoms with van der Waals surface area (Å²) in [4.78, 5) is 0.